The van der Waals surface area contributed by atoms with Crippen LogP contribution in [0, 0.1) is 0 Å². The Hall–Kier alpha value is -3.23. The molecule has 30 heavy (non-hydrogen) atoms. The van der Waals surface area contributed by atoms with Gasteiger partial charge in [-0.25, -0.2) is 4.99 Å². The molecule has 9 heteroatoms. The summed E-state index contributed by atoms with van der Waals surface area (Å²) in [5, 5.41) is 8.91. The fourth-order valence-corrected chi connectivity index (χ4v) is 2.65. The maximum atomic E-state index is 12.7. The van der Waals surface area contributed by atoms with Gasteiger partial charge in [0.05, 0.1) is 24.9 Å². The lowest BCUT2D eigenvalue weighted by Crippen LogP contribution is -2.36. The molecule has 1 amide bonds. The molecule has 2 aromatic carbocycles. The van der Waals surface area contributed by atoms with Crippen molar-refractivity contribution >= 4 is 17.6 Å². The topological polar surface area (TPSA) is 74.8 Å². The van der Waals surface area contributed by atoms with E-state index in [1.807, 2.05) is 13.0 Å². The summed E-state index contributed by atoms with van der Waals surface area (Å²) in [4.78, 5) is 15.9. The molecule has 0 saturated heterocycles. The highest BCUT2D eigenvalue weighted by molar-refractivity contribution is 5.90. The number of carbonyl (C=O) groups is 1. The van der Waals surface area contributed by atoms with Crippen molar-refractivity contribution < 1.29 is 22.7 Å². The van der Waals surface area contributed by atoms with E-state index >= 15 is 0 Å². The van der Waals surface area contributed by atoms with Crippen LogP contribution in [0.4, 0.5) is 18.9 Å². The van der Waals surface area contributed by atoms with Gasteiger partial charge in [-0.3, -0.25) is 4.79 Å². The van der Waals surface area contributed by atoms with Gasteiger partial charge in [-0.1, -0.05) is 18.2 Å². The largest absolute Gasteiger partial charge is 0.495 e. The smallest absolute Gasteiger partial charge is 0.416 e. The molecule has 0 spiro atoms. The minimum absolute atomic E-state index is 0.208. The highest BCUT2D eigenvalue weighted by Gasteiger charge is 2.29. The van der Waals surface area contributed by atoms with Gasteiger partial charge in [0.2, 0.25) is 5.91 Å². The fraction of sp³-hybridized carbons (Fsp3) is 0.333. The number of alkyl halides is 3. The number of carbonyl (C=O) groups excluding carboxylic acids is 1. The van der Waals surface area contributed by atoms with Crippen molar-refractivity contribution in [2.24, 2.45) is 4.99 Å². The zero-order valence-corrected chi connectivity index (χ0v) is 17.1. The normalized spacial score (nSPS) is 11.7. The Labute approximate surface area is 173 Å². The number of guanidine groups is 1. The van der Waals surface area contributed by atoms with E-state index in [1.54, 1.807) is 12.1 Å². The SMILES string of the molecule is CCNC(=NCc1ccc(OC)c(NC(C)=O)c1)NCc1ccc(C(F)(F)F)cc1. The van der Waals surface area contributed by atoms with Crippen LogP contribution in [0.2, 0.25) is 0 Å². The molecule has 3 N–H and O–H groups in total. The molecule has 0 unspecified atom stereocenters. The molecule has 0 bridgehead atoms. The van der Waals surface area contributed by atoms with Crippen LogP contribution in [0.5, 0.6) is 5.75 Å². The summed E-state index contributed by atoms with van der Waals surface area (Å²) in [5.74, 6) is 0.861. The Kier molecular flexibility index (Phi) is 8.08. The highest BCUT2D eigenvalue weighted by atomic mass is 19.4. The number of methoxy groups -OCH3 is 1. The predicted molar refractivity (Wildman–Crippen MR) is 110 cm³/mol. The summed E-state index contributed by atoms with van der Waals surface area (Å²) in [6, 6.07) is 10.4. The number of amides is 1. The molecule has 0 aliphatic carbocycles. The summed E-state index contributed by atoms with van der Waals surface area (Å²) in [7, 11) is 1.52. The summed E-state index contributed by atoms with van der Waals surface area (Å²) in [5.41, 5.74) is 1.43. The van der Waals surface area contributed by atoms with E-state index in [1.165, 1.54) is 26.2 Å². The third-order valence-corrected chi connectivity index (χ3v) is 4.08. The van der Waals surface area contributed by atoms with Gasteiger partial charge in [-0.15, -0.1) is 0 Å². The van der Waals surface area contributed by atoms with Crippen molar-refractivity contribution in [3.8, 4) is 5.75 Å². The van der Waals surface area contributed by atoms with Crippen LogP contribution >= 0.6 is 0 Å². The molecule has 2 aromatic rings. The first-order valence-electron chi connectivity index (χ1n) is 9.35. The molecule has 0 atom stereocenters. The molecule has 6 nitrogen and oxygen atoms in total. The summed E-state index contributed by atoms with van der Waals surface area (Å²) in [6.07, 6.45) is -4.35. The highest BCUT2D eigenvalue weighted by Crippen LogP contribution is 2.29. The average Bonchev–Trinajstić information content (AvgIpc) is 2.69. The zero-order valence-electron chi connectivity index (χ0n) is 17.1. The lowest BCUT2D eigenvalue weighted by atomic mass is 10.1. The monoisotopic (exact) mass is 422 g/mol. The fourth-order valence-electron chi connectivity index (χ4n) is 2.65. The standard InChI is InChI=1S/C21H25F3N4O2/c1-4-25-20(26-12-15-5-8-17(9-6-15)21(22,23)24)27-13-16-7-10-19(30-3)18(11-16)28-14(2)29/h5-11H,4,12-13H2,1-3H3,(H,28,29)(H2,25,26,27). The second kappa shape index (κ2) is 10.5. The van der Waals surface area contributed by atoms with E-state index in [-0.39, 0.29) is 5.91 Å². The van der Waals surface area contributed by atoms with E-state index in [4.69, 9.17) is 4.74 Å². The van der Waals surface area contributed by atoms with Crippen LogP contribution in [0.1, 0.15) is 30.5 Å². The van der Waals surface area contributed by atoms with Gasteiger partial charge in [0.1, 0.15) is 5.75 Å². The first-order valence-corrected chi connectivity index (χ1v) is 9.35. The van der Waals surface area contributed by atoms with Crippen LogP contribution in [0.15, 0.2) is 47.5 Å². The lowest BCUT2D eigenvalue weighted by molar-refractivity contribution is -0.137. The molecule has 0 aromatic heterocycles. The van der Waals surface area contributed by atoms with E-state index in [9.17, 15) is 18.0 Å². The van der Waals surface area contributed by atoms with Crippen molar-refractivity contribution in [2.45, 2.75) is 33.1 Å². The number of anilines is 1. The first kappa shape index (κ1) is 23.1. The lowest BCUT2D eigenvalue weighted by Gasteiger charge is -2.13. The molecule has 2 rings (SSSR count). The van der Waals surface area contributed by atoms with Gasteiger partial charge in [-0.05, 0) is 42.3 Å². The van der Waals surface area contributed by atoms with Gasteiger partial charge < -0.3 is 20.7 Å². The summed E-state index contributed by atoms with van der Waals surface area (Å²) >= 11 is 0. The van der Waals surface area contributed by atoms with E-state index in [0.717, 1.165) is 17.7 Å². The summed E-state index contributed by atoms with van der Waals surface area (Å²) < 4.78 is 43.2. The predicted octanol–water partition coefficient (Wildman–Crippen LogP) is 3.93. The van der Waals surface area contributed by atoms with Crippen molar-refractivity contribution in [1.29, 1.82) is 0 Å². The molecule has 162 valence electrons. The zero-order chi connectivity index (χ0) is 22.1. The van der Waals surface area contributed by atoms with E-state index in [2.05, 4.69) is 20.9 Å². The number of nitrogens with zero attached hydrogens (tertiary/aromatic N) is 1. The minimum Gasteiger partial charge on any atom is -0.495 e. The number of hydrogen-bond donors (Lipinski definition) is 3. The Bertz CT molecular complexity index is 881. The molecule has 0 aliphatic rings. The Balaban J connectivity index is 2.06. The second-order valence-corrected chi connectivity index (χ2v) is 6.46. The quantitative estimate of drug-likeness (QED) is 0.467. The number of hydrogen-bond acceptors (Lipinski definition) is 3. The molecular weight excluding hydrogens is 397 g/mol. The number of halogens is 3. The number of ether oxygens (including phenoxy) is 1. The van der Waals surface area contributed by atoms with Gasteiger partial charge in [0.15, 0.2) is 5.96 Å². The molecular formula is C21H25F3N4O2. The van der Waals surface area contributed by atoms with E-state index < -0.39 is 11.7 Å². The third kappa shape index (κ3) is 6.98. The second-order valence-electron chi connectivity index (χ2n) is 6.46. The van der Waals surface area contributed by atoms with Gasteiger partial charge in [-0.2, -0.15) is 13.2 Å². The van der Waals surface area contributed by atoms with Gasteiger partial charge in [0.25, 0.3) is 0 Å². The maximum Gasteiger partial charge on any atom is 0.416 e. The number of aliphatic imine (C=N–C) groups is 1. The molecule has 0 fully saturated rings. The number of benzene rings is 2. The van der Waals surface area contributed by atoms with Crippen LogP contribution in [0.25, 0.3) is 0 Å². The Morgan fingerprint density at radius 2 is 1.73 bits per heavy atom. The Morgan fingerprint density at radius 1 is 1.07 bits per heavy atom. The van der Waals surface area contributed by atoms with Crippen LogP contribution in [-0.4, -0.2) is 25.5 Å². The van der Waals surface area contributed by atoms with Crippen LogP contribution in [-0.2, 0) is 24.1 Å². The summed E-state index contributed by atoms with van der Waals surface area (Å²) in [6.45, 7) is 4.61. The van der Waals surface area contributed by atoms with Gasteiger partial charge in [0, 0.05) is 20.0 Å². The molecule has 0 saturated carbocycles. The van der Waals surface area contributed by atoms with Gasteiger partial charge >= 0.3 is 6.18 Å². The van der Waals surface area contributed by atoms with Crippen molar-refractivity contribution in [2.75, 3.05) is 19.0 Å². The first-order chi connectivity index (χ1) is 14.2. The van der Waals surface area contributed by atoms with E-state index in [0.29, 0.717) is 42.6 Å². The van der Waals surface area contributed by atoms with Crippen molar-refractivity contribution in [3.05, 3.63) is 59.2 Å². The molecule has 0 aliphatic heterocycles. The van der Waals surface area contributed by atoms with Crippen LogP contribution in [0.3, 0.4) is 0 Å². The molecule has 0 radical (unpaired) electrons. The van der Waals surface area contributed by atoms with Crippen LogP contribution < -0.4 is 20.7 Å². The van der Waals surface area contributed by atoms with Crippen molar-refractivity contribution in [1.82, 2.24) is 10.6 Å². The maximum absolute atomic E-state index is 12.7. The van der Waals surface area contributed by atoms with Crippen molar-refractivity contribution in [3.63, 3.8) is 0 Å². The third-order valence-electron chi connectivity index (χ3n) is 4.08. The molecule has 0 heterocycles. The number of nitrogens with one attached hydrogen (secondary N) is 3. The minimum atomic E-state index is -4.35. The Morgan fingerprint density at radius 3 is 2.30 bits per heavy atom. The number of rotatable bonds is 7. The average molecular weight is 422 g/mol.